The quantitative estimate of drug-likeness (QED) is 0.225. The van der Waals surface area contributed by atoms with Crippen molar-refractivity contribution in [1.82, 2.24) is 0 Å². The molecule has 0 aliphatic rings. The number of ether oxygens (including phenoxy) is 1. The Morgan fingerprint density at radius 1 is 0.868 bits per heavy atom. The van der Waals surface area contributed by atoms with Gasteiger partial charge in [0.2, 0.25) is 0 Å². The number of rotatable bonds is 9. The number of para-hydroxylation sites is 1. The van der Waals surface area contributed by atoms with Gasteiger partial charge in [-0.3, -0.25) is 14.4 Å². The van der Waals surface area contributed by atoms with E-state index in [0.717, 1.165) is 23.2 Å². The fraction of sp³-hybridized carbons (Fsp3) is 0.250. The maximum absolute atomic E-state index is 10.5. The summed E-state index contributed by atoms with van der Waals surface area (Å²) in [6.45, 7) is 0.755. The van der Waals surface area contributed by atoms with Crippen molar-refractivity contribution in [3.05, 3.63) is 90.0 Å². The normalized spacial score (nSPS) is 10.1. The van der Waals surface area contributed by atoms with Crippen molar-refractivity contribution in [2.45, 2.75) is 25.4 Å². The van der Waals surface area contributed by atoms with Crippen LogP contribution >= 0.6 is 0 Å². The Balaban J connectivity index is 0.000000510. The van der Waals surface area contributed by atoms with Gasteiger partial charge in [0, 0.05) is 17.7 Å². The minimum absolute atomic E-state index is 0.278. The first kappa shape index (κ1) is 33.9. The number of methoxy groups -OCH3 is 1. The van der Waals surface area contributed by atoms with Crippen LogP contribution in [-0.2, 0) is 16.1 Å². The Morgan fingerprint density at radius 3 is 1.82 bits per heavy atom. The van der Waals surface area contributed by atoms with Crippen molar-refractivity contribution >= 4 is 18.2 Å². The topological polar surface area (TPSA) is 205 Å². The summed E-state index contributed by atoms with van der Waals surface area (Å²) in [5.41, 5.74) is 24.4. The van der Waals surface area contributed by atoms with Gasteiger partial charge in [-0.25, -0.2) is 0 Å². The molecule has 0 saturated heterocycles. The Labute approximate surface area is 223 Å². The van der Waals surface area contributed by atoms with Gasteiger partial charge in [0.25, 0.3) is 0 Å². The molecule has 206 valence electrons. The lowest BCUT2D eigenvalue weighted by Gasteiger charge is -2.03. The highest BCUT2D eigenvalue weighted by Crippen LogP contribution is 2.18. The molecule has 0 saturated carbocycles. The monoisotopic (exact) mass is 526 g/mol. The van der Waals surface area contributed by atoms with E-state index in [0.29, 0.717) is 31.5 Å². The second kappa shape index (κ2) is 21.0. The number of benzene rings is 3. The largest absolute Gasteiger partial charge is 0.496 e. The predicted molar refractivity (Wildman–Crippen MR) is 149 cm³/mol. The van der Waals surface area contributed by atoms with Crippen LogP contribution in [0.5, 0.6) is 5.75 Å². The van der Waals surface area contributed by atoms with Crippen LogP contribution in [0.4, 0.5) is 0 Å². The van der Waals surface area contributed by atoms with E-state index in [1.165, 1.54) is 5.56 Å². The molecule has 0 fully saturated rings. The summed E-state index contributed by atoms with van der Waals surface area (Å²) in [6, 6.07) is 24.7. The molecule has 0 bridgehead atoms. The SMILES string of the molecule is COc1ccccc1CN.NCC(=O)O.NCCC[C@H](N)C(=O)O.O=Cc1ccc(-c2ccccc2)cc1. The maximum Gasteiger partial charge on any atom is 0.320 e. The van der Waals surface area contributed by atoms with Gasteiger partial charge in [-0.2, -0.15) is 0 Å². The molecule has 10 heteroatoms. The summed E-state index contributed by atoms with van der Waals surface area (Å²) in [5, 5.41) is 15.8. The van der Waals surface area contributed by atoms with Crippen molar-refractivity contribution in [2.24, 2.45) is 22.9 Å². The number of hydrogen-bond donors (Lipinski definition) is 6. The Kier molecular flexibility index (Phi) is 18.8. The molecule has 3 aromatic carbocycles. The lowest BCUT2D eigenvalue weighted by Crippen LogP contribution is -2.30. The molecule has 0 aliphatic carbocycles. The Bertz CT molecular complexity index is 1040. The molecule has 38 heavy (non-hydrogen) atoms. The van der Waals surface area contributed by atoms with Gasteiger partial charge in [0.1, 0.15) is 18.1 Å². The van der Waals surface area contributed by atoms with Crippen molar-refractivity contribution in [1.29, 1.82) is 0 Å². The van der Waals surface area contributed by atoms with Crippen molar-refractivity contribution in [3.8, 4) is 16.9 Å². The van der Waals surface area contributed by atoms with Crippen LogP contribution < -0.4 is 27.7 Å². The molecule has 0 unspecified atom stereocenters. The lowest BCUT2D eigenvalue weighted by atomic mass is 10.0. The van der Waals surface area contributed by atoms with E-state index >= 15 is 0 Å². The summed E-state index contributed by atoms with van der Waals surface area (Å²) in [6.07, 6.45) is 1.99. The highest BCUT2D eigenvalue weighted by molar-refractivity contribution is 5.76. The molecule has 0 aromatic heterocycles. The van der Waals surface area contributed by atoms with Gasteiger partial charge in [0.15, 0.2) is 0 Å². The molecule has 0 amide bonds. The molecule has 10 N–H and O–H groups in total. The van der Waals surface area contributed by atoms with Crippen LogP contribution in [0.25, 0.3) is 11.1 Å². The number of nitrogens with two attached hydrogens (primary N) is 4. The Hall–Kier alpha value is -4.09. The number of carbonyl (C=O) groups is 3. The van der Waals surface area contributed by atoms with E-state index in [-0.39, 0.29) is 6.54 Å². The molecule has 3 aromatic rings. The van der Waals surface area contributed by atoms with Crippen molar-refractivity contribution < 1.29 is 29.3 Å². The fourth-order valence-corrected chi connectivity index (χ4v) is 2.72. The van der Waals surface area contributed by atoms with Crippen LogP contribution in [0.3, 0.4) is 0 Å². The minimum Gasteiger partial charge on any atom is -0.496 e. The number of carboxylic acid groups (broad SMARTS) is 2. The summed E-state index contributed by atoms with van der Waals surface area (Å²) < 4.78 is 5.06. The standard InChI is InChI=1S/C13H10O.C8H11NO.C5H12N2O2.C2H5NO2/c14-10-11-6-8-13(9-7-11)12-4-2-1-3-5-12;1-10-8-5-3-2-4-7(8)6-9;6-3-1-2-4(7)5(8)9;3-1-2(4)5/h1-10H;2-5H,6,9H2,1H3;4H,1-3,6-7H2,(H,8,9);1,3H2,(H,4,5)/t;;4-;/m..0./s1. The zero-order valence-electron chi connectivity index (χ0n) is 21.5. The van der Waals surface area contributed by atoms with E-state index in [9.17, 15) is 14.4 Å². The van der Waals surface area contributed by atoms with E-state index in [4.69, 9.17) is 32.2 Å². The van der Waals surface area contributed by atoms with E-state index < -0.39 is 18.0 Å². The predicted octanol–water partition coefficient (Wildman–Crippen LogP) is 2.49. The zero-order chi connectivity index (χ0) is 28.8. The molecule has 0 spiro atoms. The highest BCUT2D eigenvalue weighted by Gasteiger charge is 2.08. The van der Waals surface area contributed by atoms with E-state index in [2.05, 4.69) is 17.9 Å². The van der Waals surface area contributed by atoms with Gasteiger partial charge in [-0.05, 0) is 36.6 Å². The van der Waals surface area contributed by atoms with Crippen LogP contribution in [0.2, 0.25) is 0 Å². The van der Waals surface area contributed by atoms with Crippen LogP contribution in [0.1, 0.15) is 28.8 Å². The first-order chi connectivity index (χ1) is 18.2. The lowest BCUT2D eigenvalue weighted by molar-refractivity contribution is -0.138. The average molecular weight is 527 g/mol. The van der Waals surface area contributed by atoms with Gasteiger partial charge >= 0.3 is 11.9 Å². The van der Waals surface area contributed by atoms with Crippen molar-refractivity contribution in [2.75, 3.05) is 20.2 Å². The minimum atomic E-state index is -0.968. The van der Waals surface area contributed by atoms with Crippen molar-refractivity contribution in [3.63, 3.8) is 0 Å². The average Bonchev–Trinajstić information content (AvgIpc) is 2.97. The molecular weight excluding hydrogens is 488 g/mol. The molecule has 0 radical (unpaired) electrons. The Morgan fingerprint density at radius 2 is 1.39 bits per heavy atom. The zero-order valence-corrected chi connectivity index (χ0v) is 21.5. The summed E-state index contributed by atoms with van der Waals surface area (Å²) >= 11 is 0. The number of carbonyl (C=O) groups excluding carboxylic acids is 1. The number of aliphatic carboxylic acids is 2. The smallest absolute Gasteiger partial charge is 0.320 e. The van der Waals surface area contributed by atoms with Gasteiger partial charge in [-0.1, -0.05) is 72.8 Å². The highest BCUT2D eigenvalue weighted by atomic mass is 16.5. The number of carboxylic acids is 2. The van der Waals surface area contributed by atoms with Crippen LogP contribution in [0, 0.1) is 0 Å². The summed E-state index contributed by atoms with van der Waals surface area (Å²) in [5.74, 6) is -1.06. The van der Waals surface area contributed by atoms with Gasteiger partial charge in [0.05, 0.1) is 13.7 Å². The molecular formula is C28H38N4O6. The molecule has 0 aliphatic heterocycles. The van der Waals surface area contributed by atoms with Gasteiger partial charge in [-0.15, -0.1) is 0 Å². The van der Waals surface area contributed by atoms with E-state index in [1.54, 1.807) is 7.11 Å². The van der Waals surface area contributed by atoms with E-state index in [1.807, 2.05) is 66.7 Å². The molecule has 3 rings (SSSR count). The fourth-order valence-electron chi connectivity index (χ4n) is 2.72. The third-order valence-electron chi connectivity index (χ3n) is 4.78. The third kappa shape index (κ3) is 15.1. The number of hydrogen-bond acceptors (Lipinski definition) is 8. The number of aldehydes is 1. The molecule has 10 nitrogen and oxygen atoms in total. The molecule has 1 atom stereocenters. The first-order valence-corrected chi connectivity index (χ1v) is 11.8. The molecule has 0 heterocycles. The third-order valence-corrected chi connectivity index (χ3v) is 4.78. The first-order valence-electron chi connectivity index (χ1n) is 11.8. The van der Waals surface area contributed by atoms with Gasteiger partial charge < -0.3 is 37.9 Å². The van der Waals surface area contributed by atoms with Crippen LogP contribution in [-0.4, -0.2) is 54.7 Å². The second-order valence-corrected chi connectivity index (χ2v) is 7.60. The summed E-state index contributed by atoms with van der Waals surface area (Å²) in [4.78, 5) is 29.7. The second-order valence-electron chi connectivity index (χ2n) is 7.60. The van der Waals surface area contributed by atoms with Crippen LogP contribution in [0.15, 0.2) is 78.9 Å². The maximum atomic E-state index is 10.5. The summed E-state index contributed by atoms with van der Waals surface area (Å²) in [7, 11) is 1.65.